The van der Waals surface area contributed by atoms with Gasteiger partial charge in [-0.15, -0.1) is 0 Å². The Hall–Kier alpha value is -1.84. The lowest BCUT2D eigenvalue weighted by atomic mass is 10.00. The van der Waals surface area contributed by atoms with Gasteiger partial charge in [0.05, 0.1) is 7.11 Å². The van der Waals surface area contributed by atoms with Crippen molar-refractivity contribution in [2.75, 3.05) is 7.11 Å². The Kier molecular flexibility index (Phi) is 6.20. The molecule has 0 saturated heterocycles. The van der Waals surface area contributed by atoms with Gasteiger partial charge >= 0.3 is 5.97 Å². The molecule has 2 rings (SSSR count). The smallest absolute Gasteiger partial charge is 0.328 e. The average molecular weight is 317 g/mol. The van der Waals surface area contributed by atoms with Gasteiger partial charge in [0.25, 0.3) is 0 Å². The lowest BCUT2D eigenvalue weighted by Crippen LogP contribution is -2.43. The highest BCUT2D eigenvalue weighted by molar-refractivity contribution is 5.84. The molecule has 1 aromatic carbocycles. The highest BCUT2D eigenvalue weighted by Crippen LogP contribution is 2.27. The molecule has 0 spiro atoms. The van der Waals surface area contributed by atoms with Gasteiger partial charge in [-0.3, -0.25) is 4.79 Å². The van der Waals surface area contributed by atoms with E-state index in [0.29, 0.717) is 18.8 Å². The second-order valence-electron chi connectivity index (χ2n) is 6.62. The number of nitrogens with one attached hydrogen (secondary N) is 1. The van der Waals surface area contributed by atoms with Crippen LogP contribution in [0.2, 0.25) is 0 Å². The maximum absolute atomic E-state index is 12.2. The van der Waals surface area contributed by atoms with Crippen molar-refractivity contribution in [1.82, 2.24) is 5.32 Å². The number of hydrogen-bond acceptors (Lipinski definition) is 3. The molecule has 0 aromatic heterocycles. The molecule has 23 heavy (non-hydrogen) atoms. The third-order valence-corrected chi connectivity index (χ3v) is 4.78. The lowest BCUT2D eigenvalue weighted by Gasteiger charge is -2.18. The summed E-state index contributed by atoms with van der Waals surface area (Å²) in [7, 11) is 1.36. The first-order valence-corrected chi connectivity index (χ1v) is 8.43. The molecule has 4 heteroatoms. The van der Waals surface area contributed by atoms with Gasteiger partial charge in [0, 0.05) is 12.8 Å². The van der Waals surface area contributed by atoms with Crippen molar-refractivity contribution in [2.24, 2.45) is 5.92 Å². The van der Waals surface area contributed by atoms with Crippen molar-refractivity contribution >= 4 is 11.9 Å². The minimum absolute atomic E-state index is 0.0452. The third kappa shape index (κ3) is 5.08. The molecule has 126 valence electrons. The summed E-state index contributed by atoms with van der Waals surface area (Å²) in [6.07, 6.45) is 5.63. The molecule has 1 aliphatic carbocycles. The Bertz CT molecular complexity index is 562. The number of amides is 1. The number of carbonyl (C=O) groups is 2. The molecule has 0 unspecified atom stereocenters. The van der Waals surface area contributed by atoms with Gasteiger partial charge in [-0.05, 0) is 49.3 Å². The van der Waals surface area contributed by atoms with Crippen molar-refractivity contribution < 1.29 is 14.3 Å². The van der Waals surface area contributed by atoms with Gasteiger partial charge in [0.15, 0.2) is 0 Å². The van der Waals surface area contributed by atoms with Gasteiger partial charge in [-0.1, -0.05) is 31.0 Å². The van der Waals surface area contributed by atoms with Crippen LogP contribution in [0.3, 0.4) is 0 Å². The molecule has 1 aliphatic rings. The first-order valence-electron chi connectivity index (χ1n) is 8.43. The summed E-state index contributed by atoms with van der Waals surface area (Å²) in [6.45, 7) is 4.10. The highest BCUT2D eigenvalue weighted by atomic mass is 16.5. The zero-order valence-corrected chi connectivity index (χ0v) is 14.4. The number of ether oxygens (including phenoxy) is 1. The van der Waals surface area contributed by atoms with Crippen LogP contribution in [0.4, 0.5) is 0 Å². The molecule has 1 fully saturated rings. The fourth-order valence-corrected chi connectivity index (χ4v) is 3.23. The summed E-state index contributed by atoms with van der Waals surface area (Å²) in [6, 6.07) is 5.49. The van der Waals surface area contributed by atoms with Crippen molar-refractivity contribution in [3.8, 4) is 0 Å². The molecule has 0 radical (unpaired) electrons. The van der Waals surface area contributed by atoms with E-state index in [4.69, 9.17) is 4.74 Å². The van der Waals surface area contributed by atoms with Crippen LogP contribution in [0.5, 0.6) is 0 Å². The Balaban J connectivity index is 1.99. The normalized spacial score (nSPS) is 16.1. The molecule has 4 nitrogen and oxygen atoms in total. The zero-order chi connectivity index (χ0) is 16.8. The van der Waals surface area contributed by atoms with Crippen molar-refractivity contribution in [2.45, 2.75) is 58.4 Å². The van der Waals surface area contributed by atoms with E-state index in [9.17, 15) is 9.59 Å². The van der Waals surface area contributed by atoms with Crippen LogP contribution < -0.4 is 5.32 Å². The van der Waals surface area contributed by atoms with Gasteiger partial charge in [0.1, 0.15) is 6.04 Å². The molecule has 0 aliphatic heterocycles. The van der Waals surface area contributed by atoms with Gasteiger partial charge < -0.3 is 10.1 Å². The summed E-state index contributed by atoms with van der Waals surface area (Å²) < 4.78 is 4.86. The Morgan fingerprint density at radius 2 is 1.91 bits per heavy atom. The maximum atomic E-state index is 12.2. The van der Waals surface area contributed by atoms with E-state index in [1.165, 1.54) is 31.1 Å². The maximum Gasteiger partial charge on any atom is 0.328 e. The zero-order valence-electron chi connectivity index (χ0n) is 14.4. The quantitative estimate of drug-likeness (QED) is 0.820. The number of benzene rings is 1. The monoisotopic (exact) mass is 317 g/mol. The van der Waals surface area contributed by atoms with Crippen molar-refractivity contribution in [1.29, 1.82) is 0 Å². The van der Waals surface area contributed by atoms with Crippen LogP contribution in [0.25, 0.3) is 0 Å². The van der Waals surface area contributed by atoms with E-state index in [1.54, 1.807) is 0 Å². The topological polar surface area (TPSA) is 55.4 Å². The van der Waals surface area contributed by atoms with Crippen LogP contribution in [0.1, 0.15) is 48.8 Å². The van der Waals surface area contributed by atoms with Crippen LogP contribution in [-0.2, 0) is 20.7 Å². The van der Waals surface area contributed by atoms with Crippen molar-refractivity contribution in [3.05, 3.63) is 34.9 Å². The minimum Gasteiger partial charge on any atom is -0.467 e. The summed E-state index contributed by atoms with van der Waals surface area (Å²) in [5.74, 6) is 0.0362. The number of carbonyl (C=O) groups excluding carboxylic acids is 2. The Morgan fingerprint density at radius 3 is 2.52 bits per heavy atom. The average Bonchev–Trinajstić information content (AvgIpc) is 3.02. The summed E-state index contributed by atoms with van der Waals surface area (Å²) >= 11 is 0. The number of aryl methyl sites for hydroxylation is 2. The van der Waals surface area contributed by atoms with Gasteiger partial charge in [-0.25, -0.2) is 4.79 Å². The number of esters is 1. The van der Waals surface area contributed by atoms with Crippen LogP contribution in [0.15, 0.2) is 18.2 Å². The number of hydrogen-bond donors (Lipinski definition) is 1. The first kappa shape index (κ1) is 17.5. The molecular weight excluding hydrogens is 290 g/mol. The largest absolute Gasteiger partial charge is 0.467 e. The van der Waals surface area contributed by atoms with E-state index < -0.39 is 6.04 Å². The second kappa shape index (κ2) is 8.14. The van der Waals surface area contributed by atoms with Crippen molar-refractivity contribution in [3.63, 3.8) is 0 Å². The SMILES string of the molecule is COC(=O)[C@H](Cc1ccc(C)c(C)c1)NC(=O)CC1CCCC1. The molecule has 1 aromatic rings. The molecule has 0 heterocycles. The van der Waals surface area contributed by atoms with Crippen LogP contribution in [-0.4, -0.2) is 25.0 Å². The predicted octanol–water partition coefficient (Wildman–Crippen LogP) is 3.08. The summed E-state index contributed by atoms with van der Waals surface area (Å²) in [4.78, 5) is 24.2. The first-order chi connectivity index (χ1) is 11.0. The molecule has 1 saturated carbocycles. The third-order valence-electron chi connectivity index (χ3n) is 4.78. The predicted molar refractivity (Wildman–Crippen MR) is 90.1 cm³/mol. The molecular formula is C19H27NO3. The molecule has 1 amide bonds. The summed E-state index contributed by atoms with van der Waals surface area (Å²) in [5.41, 5.74) is 3.43. The number of methoxy groups -OCH3 is 1. The fraction of sp³-hybridized carbons (Fsp3) is 0.579. The summed E-state index contributed by atoms with van der Waals surface area (Å²) in [5, 5.41) is 2.86. The minimum atomic E-state index is -0.615. The van der Waals surface area contributed by atoms with Crippen LogP contribution in [0, 0.1) is 19.8 Å². The van der Waals surface area contributed by atoms with Gasteiger partial charge in [0.2, 0.25) is 5.91 Å². The standard InChI is InChI=1S/C19H27NO3/c1-13-8-9-16(10-14(13)2)11-17(19(22)23-3)20-18(21)12-15-6-4-5-7-15/h8-10,15,17H,4-7,11-12H2,1-3H3,(H,20,21)/t17-/m0/s1. The fourth-order valence-electron chi connectivity index (χ4n) is 3.23. The lowest BCUT2D eigenvalue weighted by molar-refractivity contribution is -0.145. The van der Waals surface area contributed by atoms with E-state index in [2.05, 4.69) is 18.3 Å². The van der Waals surface area contributed by atoms with E-state index in [1.807, 2.05) is 19.1 Å². The second-order valence-corrected chi connectivity index (χ2v) is 6.62. The van der Waals surface area contributed by atoms with Crippen LogP contribution >= 0.6 is 0 Å². The van der Waals surface area contributed by atoms with E-state index >= 15 is 0 Å². The van der Waals surface area contributed by atoms with Gasteiger partial charge in [-0.2, -0.15) is 0 Å². The Labute approximate surface area is 138 Å². The number of rotatable bonds is 6. The molecule has 1 N–H and O–H groups in total. The molecule has 1 atom stereocenters. The van der Waals surface area contributed by atoms with E-state index in [0.717, 1.165) is 18.4 Å². The highest BCUT2D eigenvalue weighted by Gasteiger charge is 2.24. The molecule has 0 bridgehead atoms. The van der Waals surface area contributed by atoms with E-state index in [-0.39, 0.29) is 11.9 Å². The Morgan fingerprint density at radius 1 is 1.22 bits per heavy atom.